The molecule has 1 aliphatic heterocycles. The number of nitrogens with zero attached hydrogens (tertiary/aromatic N) is 1. The van der Waals surface area contributed by atoms with Gasteiger partial charge in [0.25, 0.3) is 0 Å². The first-order valence-corrected chi connectivity index (χ1v) is 11.2. The zero-order valence-electron chi connectivity index (χ0n) is 15.7. The van der Waals surface area contributed by atoms with E-state index in [0.717, 1.165) is 50.0 Å². The molecule has 1 saturated carbocycles. The minimum absolute atomic E-state index is 0.233. The van der Waals surface area contributed by atoms with Gasteiger partial charge in [0.2, 0.25) is 0 Å². The summed E-state index contributed by atoms with van der Waals surface area (Å²) in [6, 6.07) is 0. The molecule has 1 atom stereocenters. The molecular formula is C18H35NO5P+. The van der Waals surface area contributed by atoms with Crippen LogP contribution in [0, 0.1) is 0 Å². The second kappa shape index (κ2) is 10.8. The second-order valence-electron chi connectivity index (χ2n) is 7.46. The SMILES string of the molecule is C[N+]1(CCOP(=O)(O)OCCCCC=C2CCCCC2)CCOCC1. The van der Waals surface area contributed by atoms with E-state index in [1.165, 1.54) is 32.1 Å². The summed E-state index contributed by atoms with van der Waals surface area (Å²) in [5, 5.41) is 0. The number of phosphoric ester groups is 1. The zero-order chi connectivity index (χ0) is 18.0. The van der Waals surface area contributed by atoms with Crippen molar-refractivity contribution in [3.63, 3.8) is 0 Å². The maximum atomic E-state index is 11.9. The van der Waals surface area contributed by atoms with Crippen molar-refractivity contribution in [1.29, 1.82) is 0 Å². The molecule has 7 heteroatoms. The topological polar surface area (TPSA) is 65.0 Å². The fourth-order valence-corrected chi connectivity index (χ4v) is 4.11. The molecule has 2 rings (SSSR count). The van der Waals surface area contributed by atoms with Gasteiger partial charge >= 0.3 is 7.82 Å². The van der Waals surface area contributed by atoms with Crippen molar-refractivity contribution in [2.75, 3.05) is 53.1 Å². The Morgan fingerprint density at radius 2 is 1.80 bits per heavy atom. The van der Waals surface area contributed by atoms with Crippen molar-refractivity contribution in [3.8, 4) is 0 Å². The van der Waals surface area contributed by atoms with E-state index in [9.17, 15) is 9.46 Å². The first kappa shape index (κ1) is 21.1. The highest BCUT2D eigenvalue weighted by atomic mass is 31.2. The molecular weight excluding hydrogens is 341 g/mol. The molecule has 6 nitrogen and oxygen atoms in total. The van der Waals surface area contributed by atoms with Gasteiger partial charge in [0.05, 0.1) is 26.9 Å². The number of unbranched alkanes of at least 4 members (excludes halogenated alkanes) is 2. The van der Waals surface area contributed by atoms with Crippen molar-refractivity contribution in [3.05, 3.63) is 11.6 Å². The van der Waals surface area contributed by atoms with E-state index in [1.54, 1.807) is 5.57 Å². The number of hydrogen-bond acceptors (Lipinski definition) is 4. The van der Waals surface area contributed by atoms with Crippen LogP contribution >= 0.6 is 7.82 Å². The molecule has 1 unspecified atom stereocenters. The third-order valence-corrected chi connectivity index (χ3v) is 6.24. The number of morpholine rings is 1. The number of rotatable bonds is 10. The normalized spacial score (nSPS) is 23.2. The van der Waals surface area contributed by atoms with E-state index in [1.807, 2.05) is 0 Å². The molecule has 2 aliphatic rings. The lowest BCUT2D eigenvalue weighted by Gasteiger charge is -2.37. The van der Waals surface area contributed by atoms with Crippen molar-refractivity contribution in [2.45, 2.75) is 51.4 Å². The van der Waals surface area contributed by atoms with E-state index >= 15 is 0 Å². The lowest BCUT2D eigenvalue weighted by molar-refractivity contribution is -0.916. The van der Waals surface area contributed by atoms with Crippen LogP contribution in [0.1, 0.15) is 51.4 Å². The predicted molar refractivity (Wildman–Crippen MR) is 98.4 cm³/mol. The number of ether oxygens (including phenoxy) is 1. The molecule has 0 spiro atoms. The maximum absolute atomic E-state index is 11.9. The Bertz CT molecular complexity index is 454. The monoisotopic (exact) mass is 376 g/mol. The van der Waals surface area contributed by atoms with Crippen molar-refractivity contribution in [1.82, 2.24) is 0 Å². The molecule has 0 bridgehead atoms. The van der Waals surface area contributed by atoms with E-state index in [-0.39, 0.29) is 13.2 Å². The molecule has 1 N–H and O–H groups in total. The average molecular weight is 376 g/mol. The van der Waals surface area contributed by atoms with Crippen LogP contribution < -0.4 is 0 Å². The number of hydrogen-bond donors (Lipinski definition) is 1. The van der Waals surface area contributed by atoms with Crippen LogP contribution in [-0.4, -0.2) is 62.5 Å². The second-order valence-corrected chi connectivity index (χ2v) is 8.91. The third kappa shape index (κ3) is 8.80. The van der Waals surface area contributed by atoms with Crippen LogP contribution in [0.2, 0.25) is 0 Å². The minimum Gasteiger partial charge on any atom is -0.370 e. The quantitative estimate of drug-likeness (QED) is 0.273. The molecule has 0 amide bonds. The van der Waals surface area contributed by atoms with Gasteiger partial charge in [-0.25, -0.2) is 4.57 Å². The smallest absolute Gasteiger partial charge is 0.370 e. The fraction of sp³-hybridized carbons (Fsp3) is 0.889. The van der Waals surface area contributed by atoms with Crippen LogP contribution in [0.4, 0.5) is 0 Å². The molecule has 146 valence electrons. The molecule has 0 radical (unpaired) electrons. The number of likely N-dealkylation sites (N-methyl/N-ethyl adjacent to an activating group) is 1. The summed E-state index contributed by atoms with van der Waals surface area (Å²) in [5.74, 6) is 0. The summed E-state index contributed by atoms with van der Waals surface area (Å²) in [6.07, 6.45) is 11.7. The Labute approximate surface area is 152 Å². The standard InChI is InChI=1S/C18H34NO5P/c1-19(11-15-22-16-12-19)13-17-24-25(20,21)23-14-7-3-6-10-18-8-4-2-5-9-18/h10H,2-9,11-17H2,1H3/p+1. The largest absolute Gasteiger partial charge is 0.472 e. The van der Waals surface area contributed by atoms with E-state index in [0.29, 0.717) is 6.54 Å². The number of allylic oxidation sites excluding steroid dienone is 2. The maximum Gasteiger partial charge on any atom is 0.472 e. The van der Waals surface area contributed by atoms with Crippen LogP contribution in [0.5, 0.6) is 0 Å². The van der Waals surface area contributed by atoms with Gasteiger partial charge in [-0.15, -0.1) is 0 Å². The highest BCUT2D eigenvalue weighted by Crippen LogP contribution is 2.43. The van der Waals surface area contributed by atoms with Crippen LogP contribution in [0.3, 0.4) is 0 Å². The summed E-state index contributed by atoms with van der Waals surface area (Å²) in [6.45, 7) is 4.50. The molecule has 1 aliphatic carbocycles. The number of quaternary nitrogens is 1. The summed E-state index contributed by atoms with van der Waals surface area (Å²) >= 11 is 0. The van der Waals surface area contributed by atoms with Crippen molar-refractivity contribution in [2.24, 2.45) is 0 Å². The van der Waals surface area contributed by atoms with Gasteiger partial charge in [-0.3, -0.25) is 9.05 Å². The summed E-state index contributed by atoms with van der Waals surface area (Å²) in [7, 11) is -1.80. The van der Waals surface area contributed by atoms with Gasteiger partial charge in [0, 0.05) is 0 Å². The highest BCUT2D eigenvalue weighted by Gasteiger charge is 2.27. The minimum atomic E-state index is -3.92. The van der Waals surface area contributed by atoms with E-state index in [4.69, 9.17) is 13.8 Å². The predicted octanol–water partition coefficient (Wildman–Crippen LogP) is 3.66. The molecule has 0 aromatic heterocycles. The van der Waals surface area contributed by atoms with Gasteiger partial charge in [-0.05, 0) is 44.9 Å². The van der Waals surface area contributed by atoms with Crippen LogP contribution in [0.25, 0.3) is 0 Å². The Kier molecular flexibility index (Phi) is 9.11. The third-order valence-electron chi connectivity index (χ3n) is 5.22. The Morgan fingerprint density at radius 1 is 1.12 bits per heavy atom. The van der Waals surface area contributed by atoms with Crippen LogP contribution in [-0.2, 0) is 18.3 Å². The van der Waals surface area contributed by atoms with Crippen molar-refractivity contribution >= 4 is 7.82 Å². The summed E-state index contributed by atoms with van der Waals surface area (Å²) in [4.78, 5) is 9.76. The van der Waals surface area contributed by atoms with Crippen LogP contribution in [0.15, 0.2) is 11.6 Å². The molecule has 1 saturated heterocycles. The van der Waals surface area contributed by atoms with E-state index in [2.05, 4.69) is 13.1 Å². The zero-order valence-corrected chi connectivity index (χ0v) is 16.6. The lowest BCUT2D eigenvalue weighted by Crippen LogP contribution is -2.53. The highest BCUT2D eigenvalue weighted by molar-refractivity contribution is 7.47. The van der Waals surface area contributed by atoms with E-state index < -0.39 is 7.82 Å². The fourth-order valence-electron chi connectivity index (χ4n) is 3.36. The first-order chi connectivity index (χ1) is 12.0. The number of phosphoric acid groups is 1. The molecule has 0 aromatic rings. The van der Waals surface area contributed by atoms with Gasteiger partial charge in [-0.2, -0.15) is 0 Å². The Morgan fingerprint density at radius 3 is 2.52 bits per heavy atom. The lowest BCUT2D eigenvalue weighted by atomic mass is 9.94. The molecule has 25 heavy (non-hydrogen) atoms. The van der Waals surface area contributed by atoms with Gasteiger partial charge in [-0.1, -0.05) is 18.1 Å². The Balaban J connectivity index is 1.52. The molecule has 2 fully saturated rings. The van der Waals surface area contributed by atoms with Gasteiger partial charge < -0.3 is 14.1 Å². The van der Waals surface area contributed by atoms with Gasteiger partial charge in [0.15, 0.2) is 0 Å². The summed E-state index contributed by atoms with van der Waals surface area (Å²) in [5.41, 5.74) is 1.59. The molecule has 0 aromatic carbocycles. The summed E-state index contributed by atoms with van der Waals surface area (Å²) < 4.78 is 28.3. The average Bonchev–Trinajstić information content (AvgIpc) is 2.59. The first-order valence-electron chi connectivity index (χ1n) is 9.70. The Hall–Kier alpha value is -0.230. The molecule has 1 heterocycles. The van der Waals surface area contributed by atoms with Gasteiger partial charge in [0.1, 0.15) is 26.2 Å². The van der Waals surface area contributed by atoms with Crippen molar-refractivity contribution < 1.29 is 27.7 Å².